The molecule has 1 unspecified atom stereocenters. The first-order valence-corrected chi connectivity index (χ1v) is 10.8. The molecule has 2 fully saturated rings. The van der Waals surface area contributed by atoms with Crippen LogP contribution in [0, 0.1) is 11.8 Å². The molecule has 0 saturated heterocycles. The number of fused-ring (bicyclic) bond motifs is 1. The predicted molar refractivity (Wildman–Crippen MR) is 117 cm³/mol. The molecule has 0 spiro atoms. The first-order valence-electron chi connectivity index (χ1n) is 10.8. The maximum Gasteiger partial charge on any atom is 0.0999 e. The third-order valence-corrected chi connectivity index (χ3v) is 6.01. The molecule has 0 amide bonds. The van der Waals surface area contributed by atoms with E-state index in [9.17, 15) is 5.11 Å². The number of nitrogens with two attached hydrogens (primary N) is 1. The highest BCUT2D eigenvalue weighted by atomic mass is 16.3. The quantitative estimate of drug-likeness (QED) is 0.451. The number of hydrogen-bond donors (Lipinski definition) is 3. The van der Waals surface area contributed by atoms with E-state index in [2.05, 4.69) is 21.0 Å². The summed E-state index contributed by atoms with van der Waals surface area (Å²) in [5.41, 5.74) is 9.68. The van der Waals surface area contributed by atoms with Crippen LogP contribution in [0.15, 0.2) is 42.0 Å². The van der Waals surface area contributed by atoms with E-state index in [1.807, 2.05) is 12.3 Å². The van der Waals surface area contributed by atoms with Crippen molar-refractivity contribution >= 4 is 17.3 Å². The van der Waals surface area contributed by atoms with Crippen molar-refractivity contribution in [2.75, 3.05) is 13.2 Å². The average molecular weight is 422 g/mol. The molecular weight excluding hydrogens is 394 g/mol. The molecule has 4 N–H and O–H groups in total. The second-order valence-electron chi connectivity index (χ2n) is 8.46. The highest BCUT2D eigenvalue weighted by molar-refractivity contribution is 6.09. The van der Waals surface area contributed by atoms with Crippen molar-refractivity contribution in [3.05, 3.63) is 42.7 Å². The van der Waals surface area contributed by atoms with E-state index in [-0.39, 0.29) is 13.2 Å². The summed E-state index contributed by atoms with van der Waals surface area (Å²) in [5, 5.41) is 27.6. The summed E-state index contributed by atoms with van der Waals surface area (Å²) in [5.74, 6) is 1.51. The van der Waals surface area contributed by atoms with Crippen LogP contribution >= 0.6 is 0 Å². The minimum Gasteiger partial charge on any atom is -0.404 e. The van der Waals surface area contributed by atoms with Gasteiger partial charge >= 0.3 is 0 Å². The molecule has 0 aliphatic heterocycles. The Kier molecular flexibility index (Phi) is 5.29. The fourth-order valence-corrected chi connectivity index (χ4v) is 4.12. The SMILES string of the molecule is NC=C(C=NCC(O)CO)c1cn2nccc2c(-c2cnn(C(C3CC3)C3CC3)c2)n1. The van der Waals surface area contributed by atoms with Gasteiger partial charge in [-0.15, -0.1) is 0 Å². The van der Waals surface area contributed by atoms with E-state index in [4.69, 9.17) is 20.9 Å². The maximum absolute atomic E-state index is 9.50. The van der Waals surface area contributed by atoms with Gasteiger partial charge in [0.1, 0.15) is 0 Å². The number of aliphatic hydroxyl groups is 2. The Morgan fingerprint density at radius 2 is 2.00 bits per heavy atom. The van der Waals surface area contributed by atoms with Gasteiger partial charge in [0.05, 0.1) is 60.8 Å². The number of aromatic nitrogens is 5. The van der Waals surface area contributed by atoms with Crippen molar-refractivity contribution in [2.24, 2.45) is 22.6 Å². The summed E-state index contributed by atoms with van der Waals surface area (Å²) in [4.78, 5) is 9.03. The molecule has 5 rings (SSSR count). The van der Waals surface area contributed by atoms with Crippen LogP contribution in [0.2, 0.25) is 0 Å². The van der Waals surface area contributed by atoms with Crippen molar-refractivity contribution in [1.82, 2.24) is 24.4 Å². The molecule has 0 radical (unpaired) electrons. The lowest BCUT2D eigenvalue weighted by molar-refractivity contribution is 0.102. The summed E-state index contributed by atoms with van der Waals surface area (Å²) in [6.07, 6.45) is 14.8. The van der Waals surface area contributed by atoms with Gasteiger partial charge in [-0.3, -0.25) is 9.67 Å². The molecule has 3 aromatic heterocycles. The van der Waals surface area contributed by atoms with Gasteiger partial charge in [-0.1, -0.05) is 0 Å². The van der Waals surface area contributed by atoms with Gasteiger partial charge in [-0.05, 0) is 43.6 Å². The largest absolute Gasteiger partial charge is 0.404 e. The van der Waals surface area contributed by atoms with Crippen LogP contribution in [0.25, 0.3) is 22.3 Å². The van der Waals surface area contributed by atoms with Crippen LogP contribution < -0.4 is 5.73 Å². The summed E-state index contributed by atoms with van der Waals surface area (Å²) in [6.45, 7) is -0.255. The van der Waals surface area contributed by atoms with Crippen LogP contribution in [0.4, 0.5) is 0 Å². The van der Waals surface area contributed by atoms with E-state index >= 15 is 0 Å². The van der Waals surface area contributed by atoms with Crippen molar-refractivity contribution in [3.8, 4) is 11.3 Å². The zero-order chi connectivity index (χ0) is 21.4. The molecule has 2 saturated carbocycles. The topological polar surface area (TPSA) is 127 Å². The monoisotopic (exact) mass is 421 g/mol. The molecule has 3 aromatic rings. The van der Waals surface area contributed by atoms with E-state index in [0.717, 1.165) is 28.6 Å². The van der Waals surface area contributed by atoms with Gasteiger partial charge in [-0.25, -0.2) is 9.50 Å². The minimum atomic E-state index is -0.899. The lowest BCUT2D eigenvalue weighted by Gasteiger charge is -2.15. The first-order chi connectivity index (χ1) is 15.2. The lowest BCUT2D eigenvalue weighted by Crippen LogP contribution is -2.15. The standard InChI is InChI=1S/C22H27N7O2/c23-7-16(8-24-10-18(31)13-30)19-12-28-20(5-6-25-28)21(27-19)17-9-26-29(11-17)22(14-1-2-14)15-3-4-15/h5-9,11-12,14-15,18,22,30-31H,1-4,10,13,23H2. The van der Waals surface area contributed by atoms with Gasteiger partial charge in [0.15, 0.2) is 0 Å². The second-order valence-corrected chi connectivity index (χ2v) is 8.46. The van der Waals surface area contributed by atoms with Gasteiger partial charge in [0.25, 0.3) is 0 Å². The van der Waals surface area contributed by atoms with Crippen molar-refractivity contribution in [1.29, 1.82) is 0 Å². The van der Waals surface area contributed by atoms with Gasteiger partial charge in [0.2, 0.25) is 0 Å². The highest BCUT2D eigenvalue weighted by Gasteiger charge is 2.43. The number of aliphatic hydroxyl groups excluding tert-OH is 2. The Morgan fingerprint density at radius 3 is 2.68 bits per heavy atom. The third kappa shape index (κ3) is 4.11. The van der Waals surface area contributed by atoms with Gasteiger partial charge in [-0.2, -0.15) is 10.2 Å². The Labute approximate surface area is 179 Å². The molecule has 2 aliphatic carbocycles. The van der Waals surface area contributed by atoms with Crippen molar-refractivity contribution < 1.29 is 10.2 Å². The predicted octanol–water partition coefficient (Wildman–Crippen LogP) is 1.68. The molecule has 31 heavy (non-hydrogen) atoms. The number of aliphatic imine (C=N–C) groups is 1. The van der Waals surface area contributed by atoms with Crippen LogP contribution in [0.1, 0.15) is 37.4 Å². The van der Waals surface area contributed by atoms with Gasteiger partial charge in [0, 0.05) is 29.7 Å². The van der Waals surface area contributed by atoms with Crippen LogP contribution in [0.5, 0.6) is 0 Å². The summed E-state index contributed by atoms with van der Waals surface area (Å²) >= 11 is 0. The smallest absolute Gasteiger partial charge is 0.0999 e. The lowest BCUT2D eigenvalue weighted by atomic mass is 10.1. The molecule has 1 atom stereocenters. The van der Waals surface area contributed by atoms with Crippen molar-refractivity contribution in [2.45, 2.75) is 37.8 Å². The summed E-state index contributed by atoms with van der Waals surface area (Å²) < 4.78 is 3.91. The highest BCUT2D eigenvalue weighted by Crippen LogP contribution is 2.51. The summed E-state index contributed by atoms with van der Waals surface area (Å²) in [6, 6.07) is 2.43. The van der Waals surface area contributed by atoms with E-state index < -0.39 is 6.10 Å². The average Bonchev–Trinajstić information content (AvgIpc) is 3.70. The van der Waals surface area contributed by atoms with E-state index in [1.54, 1.807) is 23.1 Å². The molecule has 9 nitrogen and oxygen atoms in total. The minimum absolute atomic E-state index is 0.0845. The Hall–Kier alpha value is -3.04. The van der Waals surface area contributed by atoms with Crippen LogP contribution in [-0.2, 0) is 0 Å². The van der Waals surface area contributed by atoms with Crippen molar-refractivity contribution in [3.63, 3.8) is 0 Å². The number of nitrogens with zero attached hydrogens (tertiary/aromatic N) is 6. The van der Waals surface area contributed by atoms with Crippen LogP contribution in [-0.4, -0.2) is 60.1 Å². The molecule has 0 bridgehead atoms. The van der Waals surface area contributed by atoms with E-state index in [1.165, 1.54) is 31.9 Å². The number of allylic oxidation sites excluding steroid dienone is 1. The number of hydrogen-bond acceptors (Lipinski definition) is 7. The Balaban J connectivity index is 1.49. The fraction of sp³-hybridized carbons (Fsp3) is 0.455. The molecule has 0 aromatic carbocycles. The number of rotatable bonds is 9. The second kappa shape index (κ2) is 8.24. The Morgan fingerprint density at radius 1 is 1.23 bits per heavy atom. The molecule has 2 aliphatic rings. The zero-order valence-corrected chi connectivity index (χ0v) is 17.2. The zero-order valence-electron chi connectivity index (χ0n) is 17.2. The Bertz CT molecular complexity index is 1110. The molecule has 162 valence electrons. The molecular formula is C22H27N7O2. The maximum atomic E-state index is 9.50. The fourth-order valence-electron chi connectivity index (χ4n) is 4.12. The normalized spacial score (nSPS) is 18.5. The van der Waals surface area contributed by atoms with Gasteiger partial charge < -0.3 is 15.9 Å². The molecule has 3 heterocycles. The third-order valence-electron chi connectivity index (χ3n) is 6.01. The first kappa shape index (κ1) is 19.9. The summed E-state index contributed by atoms with van der Waals surface area (Å²) in [7, 11) is 0. The molecule has 9 heteroatoms. The van der Waals surface area contributed by atoms with Crippen LogP contribution in [0.3, 0.4) is 0 Å². The van der Waals surface area contributed by atoms with E-state index in [0.29, 0.717) is 17.3 Å².